The summed E-state index contributed by atoms with van der Waals surface area (Å²) in [6.45, 7) is 3.37. The van der Waals surface area contributed by atoms with Crippen molar-refractivity contribution in [2.24, 2.45) is 5.10 Å². The highest BCUT2D eigenvalue weighted by atomic mass is 79.9. The molecule has 1 aromatic heterocycles. The summed E-state index contributed by atoms with van der Waals surface area (Å²) >= 11 is 0. The number of aromatic nitrogens is 3. The van der Waals surface area contributed by atoms with Crippen molar-refractivity contribution in [1.82, 2.24) is 29.8 Å². The largest absolute Gasteiger partial charge is 0.444 e. The van der Waals surface area contributed by atoms with E-state index in [0.717, 1.165) is 11.8 Å². The van der Waals surface area contributed by atoms with Gasteiger partial charge in [-0.3, -0.25) is 14.7 Å². The minimum absolute atomic E-state index is 0. The number of hydrogen-bond donors (Lipinski definition) is 1. The van der Waals surface area contributed by atoms with Crippen molar-refractivity contribution in [3.63, 3.8) is 0 Å². The predicted molar refractivity (Wildman–Crippen MR) is 149 cm³/mol. The Labute approximate surface area is 245 Å². The third-order valence-corrected chi connectivity index (χ3v) is 7.03. The summed E-state index contributed by atoms with van der Waals surface area (Å²) in [5, 5.41) is 25.5. The monoisotopic (exact) mass is 634 g/mol. The first-order chi connectivity index (χ1) is 19.2. The number of halogens is 3. The molecule has 0 aliphatic carbocycles. The molecule has 3 aromatic rings. The fourth-order valence-electron chi connectivity index (χ4n) is 4.87. The molecular weight excluding hydrogens is 606 g/mol. The predicted octanol–water partition coefficient (Wildman–Crippen LogP) is 2.68. The quantitative estimate of drug-likeness (QED) is 0.357. The van der Waals surface area contributed by atoms with Crippen molar-refractivity contribution in [3.8, 4) is 5.69 Å². The minimum atomic E-state index is -1.98. The first-order valence-corrected chi connectivity index (χ1v) is 12.5. The number of carbonyl (C=O) groups excluding carboxylic acids is 2. The highest BCUT2D eigenvalue weighted by Crippen LogP contribution is 2.35. The highest BCUT2D eigenvalue weighted by molar-refractivity contribution is 8.93. The molecule has 0 spiro atoms. The number of rotatable bonds is 9. The Hall–Kier alpha value is -4.11. The lowest BCUT2D eigenvalue weighted by atomic mass is 9.85. The molecule has 1 N–H and O–H groups in total. The molecule has 1 fully saturated rings. The van der Waals surface area contributed by atoms with Crippen molar-refractivity contribution in [2.75, 3.05) is 37.9 Å². The number of carbonyl (C=O) groups is 2. The molecule has 15 heteroatoms. The van der Waals surface area contributed by atoms with Crippen molar-refractivity contribution in [3.05, 3.63) is 72.1 Å². The SMILES string of the molecule is Br.CC(=O)OCN1C=NN(C[C@](O)(c2ccc(F)cc2F)[C@@H](C)N2CCN(c3ccc(-n4ccnn4)cc3)C2=O)C1. The first kappa shape index (κ1) is 29.9. The molecule has 2 aliphatic rings. The Morgan fingerprint density at radius 3 is 2.54 bits per heavy atom. The summed E-state index contributed by atoms with van der Waals surface area (Å²) in [5.41, 5.74) is -0.730. The number of esters is 1. The van der Waals surface area contributed by atoms with E-state index >= 15 is 4.39 Å². The van der Waals surface area contributed by atoms with Gasteiger partial charge in [0.2, 0.25) is 0 Å². The van der Waals surface area contributed by atoms with Gasteiger partial charge in [-0.25, -0.2) is 18.3 Å². The third-order valence-electron chi connectivity index (χ3n) is 7.03. The van der Waals surface area contributed by atoms with Gasteiger partial charge in [-0.05, 0) is 37.3 Å². The topological polar surface area (TPSA) is 120 Å². The molecule has 1 saturated heterocycles. The maximum Gasteiger partial charge on any atom is 0.324 e. The van der Waals surface area contributed by atoms with E-state index < -0.39 is 29.2 Å². The number of anilines is 1. The molecule has 3 heterocycles. The zero-order valence-electron chi connectivity index (χ0n) is 22.3. The Morgan fingerprint density at radius 1 is 1.15 bits per heavy atom. The normalized spacial score (nSPS) is 17.0. The molecule has 41 heavy (non-hydrogen) atoms. The number of nitrogens with zero attached hydrogens (tertiary/aromatic N) is 8. The van der Waals surface area contributed by atoms with Gasteiger partial charge in [0.25, 0.3) is 0 Å². The van der Waals surface area contributed by atoms with Crippen LogP contribution in [0.5, 0.6) is 0 Å². The van der Waals surface area contributed by atoms with Crippen LogP contribution in [0.3, 0.4) is 0 Å². The van der Waals surface area contributed by atoms with Crippen LogP contribution in [0.25, 0.3) is 5.69 Å². The minimum Gasteiger partial charge on any atom is -0.444 e. The molecule has 0 unspecified atom stereocenters. The Morgan fingerprint density at radius 2 is 1.88 bits per heavy atom. The van der Waals surface area contributed by atoms with Crippen molar-refractivity contribution in [2.45, 2.75) is 25.5 Å². The number of benzene rings is 2. The molecule has 2 atom stereocenters. The number of hydrazone groups is 1. The van der Waals surface area contributed by atoms with Crippen LogP contribution in [0.4, 0.5) is 19.3 Å². The molecule has 5 rings (SSSR count). The maximum absolute atomic E-state index is 15.1. The van der Waals surface area contributed by atoms with Crippen LogP contribution in [-0.4, -0.2) is 92.3 Å². The molecule has 12 nitrogen and oxygen atoms in total. The fraction of sp³-hybridized carbons (Fsp3) is 0.346. The lowest BCUT2D eigenvalue weighted by molar-refractivity contribution is -0.144. The summed E-state index contributed by atoms with van der Waals surface area (Å²) < 4.78 is 35.5. The zero-order chi connectivity index (χ0) is 28.4. The Kier molecular flexibility index (Phi) is 8.87. The van der Waals surface area contributed by atoms with E-state index in [1.54, 1.807) is 58.1 Å². The molecular formula is C26H29BrF2N8O4. The molecule has 2 aliphatic heterocycles. The molecule has 0 saturated carbocycles. The lowest BCUT2D eigenvalue weighted by Gasteiger charge is -2.41. The summed E-state index contributed by atoms with van der Waals surface area (Å²) in [6.07, 6.45) is 4.70. The lowest BCUT2D eigenvalue weighted by Crippen LogP contribution is -2.55. The van der Waals surface area contributed by atoms with E-state index in [4.69, 9.17) is 4.74 Å². The zero-order valence-corrected chi connectivity index (χ0v) is 24.0. The van der Waals surface area contributed by atoms with Crippen LogP contribution in [0, 0.1) is 11.6 Å². The average molecular weight is 635 g/mol. The number of aliphatic hydroxyl groups is 1. The average Bonchev–Trinajstić information content (AvgIpc) is 3.69. The van der Waals surface area contributed by atoms with E-state index in [0.29, 0.717) is 18.3 Å². The summed E-state index contributed by atoms with van der Waals surface area (Å²) in [5.74, 6) is -2.20. The molecule has 2 amide bonds. The Balaban J connectivity index is 0.00000387. The molecule has 0 radical (unpaired) electrons. The van der Waals surface area contributed by atoms with Gasteiger partial charge in [-0.1, -0.05) is 11.3 Å². The smallest absolute Gasteiger partial charge is 0.324 e. The Bertz CT molecular complexity index is 1410. The van der Waals surface area contributed by atoms with Crippen LogP contribution in [0.15, 0.2) is 60.0 Å². The van der Waals surface area contributed by atoms with Crippen molar-refractivity contribution in [1.29, 1.82) is 0 Å². The van der Waals surface area contributed by atoms with E-state index in [2.05, 4.69) is 15.4 Å². The van der Waals surface area contributed by atoms with Crippen LogP contribution >= 0.6 is 17.0 Å². The van der Waals surface area contributed by atoms with Crippen LogP contribution in [0.2, 0.25) is 0 Å². The van der Waals surface area contributed by atoms with Crippen LogP contribution in [0.1, 0.15) is 19.4 Å². The van der Waals surface area contributed by atoms with Crippen molar-refractivity contribution >= 4 is 41.0 Å². The van der Waals surface area contributed by atoms with Gasteiger partial charge in [0.05, 0.1) is 30.7 Å². The standard InChI is InChI=1S/C26H28F2N8O4.BrH/c1-18(34-11-12-35(25(34)38)21-4-6-22(7-5-21)36-10-9-29-31-36)26(39,23-8-3-20(27)13-24(23)28)14-33-16-32(15-30-33)17-40-19(2)37;/h3-10,13,15,18,39H,11-12,14,16-17H2,1-2H3;1H/t18-,26-;/m1./s1. The third kappa shape index (κ3) is 6.15. The second-order valence-corrected chi connectivity index (χ2v) is 9.61. The van der Waals surface area contributed by atoms with Gasteiger partial charge >= 0.3 is 12.0 Å². The molecule has 0 bridgehead atoms. The van der Waals surface area contributed by atoms with Gasteiger partial charge in [-0.15, -0.1) is 22.1 Å². The van der Waals surface area contributed by atoms with Gasteiger partial charge in [-0.2, -0.15) is 5.10 Å². The second-order valence-electron chi connectivity index (χ2n) is 9.61. The number of urea groups is 1. The van der Waals surface area contributed by atoms with E-state index in [1.165, 1.54) is 29.2 Å². The number of hydrogen-bond acceptors (Lipinski definition) is 9. The summed E-state index contributed by atoms with van der Waals surface area (Å²) in [7, 11) is 0. The fourth-order valence-corrected chi connectivity index (χ4v) is 4.87. The maximum atomic E-state index is 15.1. The van der Waals surface area contributed by atoms with Gasteiger partial charge in [0.15, 0.2) is 6.73 Å². The van der Waals surface area contributed by atoms with E-state index in [-0.39, 0.29) is 55.1 Å². The van der Waals surface area contributed by atoms with Crippen molar-refractivity contribution < 1.29 is 28.2 Å². The first-order valence-electron chi connectivity index (χ1n) is 12.5. The highest BCUT2D eigenvalue weighted by Gasteiger charge is 2.47. The van der Waals surface area contributed by atoms with Gasteiger partial charge < -0.3 is 19.6 Å². The van der Waals surface area contributed by atoms with E-state index in [9.17, 15) is 19.1 Å². The summed E-state index contributed by atoms with van der Waals surface area (Å²) in [6, 6.07) is 8.81. The number of β-amino-alcohol motifs (C(OH)–C–C–N with tert-alkyl or cyclic N) is 1. The van der Waals surface area contributed by atoms with Crippen LogP contribution < -0.4 is 4.90 Å². The summed E-state index contributed by atoms with van der Waals surface area (Å²) in [4.78, 5) is 29.3. The number of ether oxygens (including phenoxy) is 1. The van der Waals surface area contributed by atoms with E-state index in [1.807, 2.05) is 0 Å². The molecule has 218 valence electrons. The number of amides is 2. The second kappa shape index (κ2) is 12.2. The van der Waals surface area contributed by atoms with Gasteiger partial charge in [0, 0.05) is 37.3 Å². The molecule has 2 aromatic carbocycles. The van der Waals surface area contributed by atoms with Gasteiger partial charge in [0.1, 0.15) is 30.2 Å². The van der Waals surface area contributed by atoms with Crippen LogP contribution in [-0.2, 0) is 15.1 Å².